The summed E-state index contributed by atoms with van der Waals surface area (Å²) in [5.74, 6) is 1.96. The van der Waals surface area contributed by atoms with Gasteiger partial charge in [0, 0.05) is 5.54 Å². The van der Waals surface area contributed by atoms with Crippen LogP contribution in [0.25, 0.3) is 0 Å². The molecule has 1 aliphatic carbocycles. The van der Waals surface area contributed by atoms with Crippen molar-refractivity contribution in [2.24, 2.45) is 11.8 Å². The first-order valence-corrected chi connectivity index (χ1v) is 5.89. The van der Waals surface area contributed by atoms with Gasteiger partial charge in [-0.2, -0.15) is 0 Å². The monoisotopic (exact) mass is 199 g/mol. The molecule has 0 unspecified atom stereocenters. The van der Waals surface area contributed by atoms with Gasteiger partial charge in [0.05, 0.1) is 6.61 Å². The van der Waals surface area contributed by atoms with Crippen molar-refractivity contribution in [2.75, 3.05) is 13.2 Å². The molecule has 0 saturated heterocycles. The summed E-state index contributed by atoms with van der Waals surface area (Å²) in [5, 5.41) is 12.4. The van der Waals surface area contributed by atoms with E-state index in [9.17, 15) is 0 Å². The minimum atomic E-state index is -0.104. The highest BCUT2D eigenvalue weighted by Gasteiger charge is 2.24. The predicted octanol–water partition coefficient (Wildman–Crippen LogP) is 2.17. The molecule has 0 aromatic rings. The van der Waals surface area contributed by atoms with Gasteiger partial charge in [0.25, 0.3) is 0 Å². The molecule has 0 aliphatic heterocycles. The number of rotatable bonds is 6. The molecule has 0 heterocycles. The fourth-order valence-electron chi connectivity index (χ4n) is 2.18. The Bertz CT molecular complexity index is 162. The van der Waals surface area contributed by atoms with Crippen molar-refractivity contribution in [3.8, 4) is 0 Å². The molecule has 1 saturated carbocycles. The fourth-order valence-corrected chi connectivity index (χ4v) is 2.18. The number of hydrogen-bond donors (Lipinski definition) is 2. The highest BCUT2D eigenvalue weighted by Crippen LogP contribution is 2.35. The molecule has 2 heteroatoms. The van der Waals surface area contributed by atoms with E-state index in [1.807, 2.05) is 13.8 Å². The Kier molecular flexibility index (Phi) is 4.39. The molecular formula is C12H25NO. The average molecular weight is 199 g/mol. The number of nitrogens with one attached hydrogen (secondary N) is 1. The maximum Gasteiger partial charge on any atom is 0.0607 e. The first-order valence-electron chi connectivity index (χ1n) is 5.89. The minimum absolute atomic E-state index is 0.104. The lowest BCUT2D eigenvalue weighted by atomic mass is 9.74. The quantitative estimate of drug-likeness (QED) is 0.643. The Hall–Kier alpha value is -0.0800. The summed E-state index contributed by atoms with van der Waals surface area (Å²) in [6.45, 7) is 7.67. The van der Waals surface area contributed by atoms with Gasteiger partial charge in [0.1, 0.15) is 0 Å². The summed E-state index contributed by atoms with van der Waals surface area (Å²) in [5.41, 5.74) is -0.104. The minimum Gasteiger partial charge on any atom is -0.394 e. The van der Waals surface area contributed by atoms with Crippen molar-refractivity contribution < 1.29 is 5.11 Å². The molecule has 0 bridgehead atoms. The Labute approximate surface area is 88.1 Å². The van der Waals surface area contributed by atoms with Crippen LogP contribution in [0.4, 0.5) is 0 Å². The van der Waals surface area contributed by atoms with Crippen LogP contribution in [-0.4, -0.2) is 23.8 Å². The molecule has 0 radical (unpaired) electrons. The van der Waals surface area contributed by atoms with Crippen LogP contribution in [0.3, 0.4) is 0 Å². The zero-order chi connectivity index (χ0) is 10.6. The van der Waals surface area contributed by atoms with E-state index in [1.165, 1.54) is 25.7 Å². The highest BCUT2D eigenvalue weighted by molar-refractivity contribution is 4.78. The standard InChI is InChI=1S/C12H25NO/c1-10-7-11(8-10)5-4-6-13-12(2,3)9-14/h10-11,13-14H,4-9H2,1-3H3. The van der Waals surface area contributed by atoms with Gasteiger partial charge >= 0.3 is 0 Å². The average Bonchev–Trinajstić information content (AvgIpc) is 2.09. The van der Waals surface area contributed by atoms with E-state index in [0.717, 1.165) is 18.4 Å². The summed E-state index contributed by atoms with van der Waals surface area (Å²) in [4.78, 5) is 0. The molecule has 0 aromatic carbocycles. The van der Waals surface area contributed by atoms with Crippen LogP contribution in [0, 0.1) is 11.8 Å². The van der Waals surface area contributed by atoms with Gasteiger partial charge < -0.3 is 10.4 Å². The van der Waals surface area contributed by atoms with E-state index in [2.05, 4.69) is 12.2 Å². The number of aliphatic hydroxyl groups excluding tert-OH is 1. The molecule has 0 atom stereocenters. The maximum atomic E-state index is 9.03. The number of aliphatic hydroxyl groups is 1. The van der Waals surface area contributed by atoms with Gasteiger partial charge in [0.15, 0.2) is 0 Å². The first kappa shape index (κ1) is 12.0. The van der Waals surface area contributed by atoms with Crippen molar-refractivity contribution in [3.05, 3.63) is 0 Å². The van der Waals surface area contributed by atoms with Gasteiger partial charge in [0.2, 0.25) is 0 Å². The second kappa shape index (κ2) is 5.13. The van der Waals surface area contributed by atoms with Crippen molar-refractivity contribution in [3.63, 3.8) is 0 Å². The van der Waals surface area contributed by atoms with Crippen molar-refractivity contribution in [1.29, 1.82) is 0 Å². The molecule has 14 heavy (non-hydrogen) atoms. The Morgan fingerprint density at radius 2 is 2.00 bits per heavy atom. The summed E-state index contributed by atoms with van der Waals surface area (Å²) in [7, 11) is 0. The Balaban J connectivity index is 1.94. The highest BCUT2D eigenvalue weighted by atomic mass is 16.3. The summed E-state index contributed by atoms with van der Waals surface area (Å²) >= 11 is 0. The first-order chi connectivity index (χ1) is 6.53. The Morgan fingerprint density at radius 1 is 1.36 bits per heavy atom. The van der Waals surface area contributed by atoms with E-state index >= 15 is 0 Å². The van der Waals surface area contributed by atoms with E-state index in [0.29, 0.717) is 0 Å². The maximum absolute atomic E-state index is 9.03. The van der Waals surface area contributed by atoms with Crippen LogP contribution in [0.5, 0.6) is 0 Å². The second-order valence-electron chi connectivity index (χ2n) is 5.55. The summed E-state index contributed by atoms with van der Waals surface area (Å²) in [6.07, 6.45) is 5.48. The zero-order valence-electron chi connectivity index (χ0n) is 9.84. The van der Waals surface area contributed by atoms with Crippen LogP contribution in [0.2, 0.25) is 0 Å². The van der Waals surface area contributed by atoms with Gasteiger partial charge in [-0.3, -0.25) is 0 Å². The lowest BCUT2D eigenvalue weighted by molar-refractivity contribution is 0.176. The summed E-state index contributed by atoms with van der Waals surface area (Å²) < 4.78 is 0. The van der Waals surface area contributed by atoms with E-state index in [1.54, 1.807) is 0 Å². The van der Waals surface area contributed by atoms with Crippen molar-refractivity contribution >= 4 is 0 Å². The van der Waals surface area contributed by atoms with E-state index in [-0.39, 0.29) is 12.1 Å². The molecule has 2 nitrogen and oxygen atoms in total. The molecule has 1 fully saturated rings. The van der Waals surface area contributed by atoms with E-state index < -0.39 is 0 Å². The molecule has 84 valence electrons. The van der Waals surface area contributed by atoms with Crippen molar-refractivity contribution in [2.45, 2.75) is 52.0 Å². The topological polar surface area (TPSA) is 32.3 Å². The van der Waals surface area contributed by atoms with Gasteiger partial charge in [-0.1, -0.05) is 6.92 Å². The third-order valence-corrected chi connectivity index (χ3v) is 3.26. The van der Waals surface area contributed by atoms with Crippen LogP contribution in [0.15, 0.2) is 0 Å². The Morgan fingerprint density at radius 3 is 2.50 bits per heavy atom. The third-order valence-electron chi connectivity index (χ3n) is 3.26. The van der Waals surface area contributed by atoms with Crippen LogP contribution in [-0.2, 0) is 0 Å². The third kappa shape index (κ3) is 3.97. The van der Waals surface area contributed by atoms with Gasteiger partial charge in [-0.25, -0.2) is 0 Å². The van der Waals surface area contributed by atoms with E-state index in [4.69, 9.17) is 5.11 Å². The normalized spacial score (nSPS) is 27.4. The molecule has 0 spiro atoms. The molecular weight excluding hydrogens is 174 g/mol. The molecule has 1 rings (SSSR count). The van der Waals surface area contributed by atoms with Crippen LogP contribution >= 0.6 is 0 Å². The van der Waals surface area contributed by atoms with Crippen LogP contribution < -0.4 is 5.32 Å². The van der Waals surface area contributed by atoms with Crippen molar-refractivity contribution in [1.82, 2.24) is 5.32 Å². The van der Waals surface area contributed by atoms with Gasteiger partial charge in [-0.05, 0) is 57.9 Å². The van der Waals surface area contributed by atoms with Crippen LogP contribution in [0.1, 0.15) is 46.5 Å². The lowest BCUT2D eigenvalue weighted by Gasteiger charge is -2.33. The second-order valence-corrected chi connectivity index (χ2v) is 5.55. The molecule has 0 aromatic heterocycles. The fraction of sp³-hybridized carbons (Fsp3) is 1.00. The largest absolute Gasteiger partial charge is 0.394 e. The molecule has 0 amide bonds. The summed E-state index contributed by atoms with van der Waals surface area (Å²) in [6, 6.07) is 0. The SMILES string of the molecule is CC1CC(CCCNC(C)(C)CO)C1. The number of hydrogen-bond acceptors (Lipinski definition) is 2. The van der Waals surface area contributed by atoms with Gasteiger partial charge in [-0.15, -0.1) is 0 Å². The zero-order valence-corrected chi connectivity index (χ0v) is 9.84. The lowest BCUT2D eigenvalue weighted by Crippen LogP contribution is -2.43. The smallest absolute Gasteiger partial charge is 0.0607 e. The molecule has 1 aliphatic rings. The molecule has 2 N–H and O–H groups in total. The predicted molar refractivity (Wildman–Crippen MR) is 60.3 cm³/mol.